The zero-order chi connectivity index (χ0) is 28.0. The maximum Gasteiger partial charge on any atom is 0.329 e. The van der Waals surface area contributed by atoms with Crippen LogP contribution in [-0.2, 0) is 11.0 Å². The molecule has 0 radical (unpaired) electrons. The van der Waals surface area contributed by atoms with Crippen molar-refractivity contribution >= 4 is 40.0 Å². The first-order valence-corrected chi connectivity index (χ1v) is 14.0. The van der Waals surface area contributed by atoms with Crippen molar-refractivity contribution in [2.24, 2.45) is 5.41 Å². The van der Waals surface area contributed by atoms with Crippen molar-refractivity contribution in [2.75, 3.05) is 58.4 Å². The summed E-state index contributed by atoms with van der Waals surface area (Å²) in [6.45, 7) is 0.337. The number of rotatable bonds is 8. The number of hydrogen-bond donors (Lipinski definition) is 3. The Balaban J connectivity index is 1.39. The molecule has 3 aliphatic rings. The van der Waals surface area contributed by atoms with Crippen molar-refractivity contribution in [2.45, 2.75) is 44.5 Å². The Hall–Kier alpha value is -3.00. The molecular weight excluding hydrogens is 540 g/mol. The Morgan fingerprint density at radius 1 is 1.03 bits per heavy atom. The molecule has 14 heteroatoms. The van der Waals surface area contributed by atoms with Gasteiger partial charge in [0.15, 0.2) is 0 Å². The molecule has 3 heterocycles. The second-order valence-electron chi connectivity index (χ2n) is 10.5. The average molecular weight is 571 g/mol. The highest BCUT2D eigenvalue weighted by molar-refractivity contribution is 7.86. The zero-order valence-corrected chi connectivity index (χ0v) is 22.2. The number of piperidine rings is 1. The SMILES string of the molecule is Cc1cc(NC(=O)c2ccc(NS(=O)CCO)cc2N2CCC3(CC2)CC3)nc(N2CC(F)(F)C(F)(F)C2)n1. The second-order valence-corrected chi connectivity index (χ2v) is 11.8. The number of nitrogens with zero attached hydrogens (tertiary/aromatic N) is 4. The average Bonchev–Trinajstić information content (AvgIpc) is 3.57. The van der Waals surface area contributed by atoms with E-state index in [-0.39, 0.29) is 24.1 Å². The van der Waals surface area contributed by atoms with E-state index in [9.17, 15) is 26.6 Å². The largest absolute Gasteiger partial charge is 0.395 e. The summed E-state index contributed by atoms with van der Waals surface area (Å²) in [6.07, 6.45) is 4.42. The van der Waals surface area contributed by atoms with Crippen molar-refractivity contribution in [3.05, 3.63) is 35.5 Å². The first kappa shape index (κ1) is 27.6. The number of aliphatic hydroxyl groups is 1. The number of anilines is 4. The van der Waals surface area contributed by atoms with E-state index in [0.29, 0.717) is 32.9 Å². The molecule has 9 nitrogen and oxygen atoms in total. The highest BCUT2D eigenvalue weighted by atomic mass is 32.2. The number of aliphatic hydroxyl groups excluding tert-OH is 1. The van der Waals surface area contributed by atoms with Gasteiger partial charge in [0, 0.05) is 30.5 Å². The van der Waals surface area contributed by atoms with E-state index in [1.165, 1.54) is 18.9 Å². The van der Waals surface area contributed by atoms with Crippen LogP contribution in [-0.4, -0.2) is 75.6 Å². The fourth-order valence-electron chi connectivity index (χ4n) is 5.06. The van der Waals surface area contributed by atoms with Gasteiger partial charge in [0.2, 0.25) is 5.95 Å². The molecule has 1 aliphatic carbocycles. The first-order valence-electron chi connectivity index (χ1n) is 12.7. The molecule has 5 rings (SSSR count). The zero-order valence-electron chi connectivity index (χ0n) is 21.4. The molecule has 212 valence electrons. The third-order valence-electron chi connectivity index (χ3n) is 7.55. The minimum Gasteiger partial charge on any atom is -0.395 e. The number of aryl methyl sites for hydroxylation is 1. The predicted molar refractivity (Wildman–Crippen MR) is 140 cm³/mol. The second kappa shape index (κ2) is 10.2. The number of carbonyl (C=O) groups is 1. The third-order valence-corrected chi connectivity index (χ3v) is 8.57. The lowest BCUT2D eigenvalue weighted by atomic mass is 9.93. The lowest BCUT2D eigenvalue weighted by Gasteiger charge is -2.35. The van der Waals surface area contributed by atoms with Crippen LogP contribution in [0.1, 0.15) is 41.7 Å². The summed E-state index contributed by atoms with van der Waals surface area (Å²) in [5.74, 6) is -9.24. The Morgan fingerprint density at radius 2 is 1.69 bits per heavy atom. The molecule has 2 aromatic rings. The molecule has 2 aliphatic heterocycles. The normalized spacial score (nSPS) is 21.6. The number of hydrogen-bond acceptors (Lipinski definition) is 7. The summed E-state index contributed by atoms with van der Waals surface area (Å²) in [5.41, 5.74) is 2.17. The molecule has 3 N–H and O–H groups in total. The van der Waals surface area contributed by atoms with E-state index < -0.39 is 41.8 Å². The van der Waals surface area contributed by atoms with Gasteiger partial charge >= 0.3 is 11.8 Å². The monoisotopic (exact) mass is 570 g/mol. The first-order chi connectivity index (χ1) is 18.4. The molecule has 1 saturated carbocycles. The molecule has 1 atom stereocenters. The van der Waals surface area contributed by atoms with Crippen LogP contribution in [0.4, 0.5) is 40.7 Å². The predicted octanol–water partition coefficient (Wildman–Crippen LogP) is 3.58. The Morgan fingerprint density at radius 3 is 2.31 bits per heavy atom. The summed E-state index contributed by atoms with van der Waals surface area (Å²) >= 11 is 0. The summed E-state index contributed by atoms with van der Waals surface area (Å²) < 4.78 is 70.0. The highest BCUT2D eigenvalue weighted by Crippen LogP contribution is 2.54. The van der Waals surface area contributed by atoms with E-state index in [1.54, 1.807) is 25.1 Å². The number of nitrogens with one attached hydrogen (secondary N) is 2. The van der Waals surface area contributed by atoms with Gasteiger partial charge in [-0.1, -0.05) is 0 Å². The molecule has 3 fully saturated rings. The quantitative estimate of drug-likeness (QED) is 0.416. The van der Waals surface area contributed by atoms with Gasteiger partial charge in [0.1, 0.15) is 16.8 Å². The van der Waals surface area contributed by atoms with Crippen LogP contribution >= 0.6 is 0 Å². The van der Waals surface area contributed by atoms with E-state index in [2.05, 4.69) is 24.9 Å². The maximum absolute atomic E-state index is 13.8. The Bertz CT molecular complexity index is 1270. The standard InChI is InChI=1S/C25H30F4N6O3S/c1-16-12-20(32-22(30-16)35-14-24(26,27)25(28,29)15-35)31-21(37)18-3-2-17(33-39(38)11-10-36)13-19(18)34-8-6-23(4-5-23)7-9-34/h2-3,12-13,33,36H,4-11,14-15H2,1H3,(H,30,31,32,37). The van der Waals surface area contributed by atoms with E-state index >= 15 is 0 Å². The van der Waals surface area contributed by atoms with Gasteiger partial charge in [-0.15, -0.1) is 0 Å². The number of carbonyl (C=O) groups excluding carboxylic acids is 1. The number of benzene rings is 1. The van der Waals surface area contributed by atoms with Crippen LogP contribution in [0.3, 0.4) is 0 Å². The third kappa shape index (κ3) is 5.81. The van der Waals surface area contributed by atoms with Gasteiger partial charge in [0.05, 0.1) is 36.7 Å². The number of alkyl halides is 4. The molecular formula is C25H30F4N6O3S. The van der Waals surface area contributed by atoms with Crippen LogP contribution in [0.15, 0.2) is 24.3 Å². The van der Waals surface area contributed by atoms with Crippen LogP contribution in [0, 0.1) is 12.3 Å². The molecule has 1 aromatic heterocycles. The smallest absolute Gasteiger partial charge is 0.329 e. The van der Waals surface area contributed by atoms with Crippen LogP contribution in [0.2, 0.25) is 0 Å². The molecule has 1 spiro atoms. The molecule has 2 saturated heterocycles. The van der Waals surface area contributed by atoms with Crippen molar-refractivity contribution in [1.82, 2.24) is 9.97 Å². The number of amides is 1. The van der Waals surface area contributed by atoms with Crippen molar-refractivity contribution in [3.63, 3.8) is 0 Å². The number of aromatic nitrogens is 2. The maximum atomic E-state index is 13.8. The molecule has 39 heavy (non-hydrogen) atoms. The van der Waals surface area contributed by atoms with Crippen molar-refractivity contribution in [3.8, 4) is 0 Å². The fourth-order valence-corrected chi connectivity index (χ4v) is 5.72. The van der Waals surface area contributed by atoms with Gasteiger partial charge in [-0.2, -0.15) is 22.5 Å². The Kier molecular flexibility index (Phi) is 7.20. The fraction of sp³-hybridized carbons (Fsp3) is 0.560. The highest BCUT2D eigenvalue weighted by Gasteiger charge is 2.63. The molecule has 1 aromatic carbocycles. The van der Waals surface area contributed by atoms with Gasteiger partial charge < -0.3 is 24.9 Å². The lowest BCUT2D eigenvalue weighted by Crippen LogP contribution is -2.38. The van der Waals surface area contributed by atoms with Crippen molar-refractivity contribution in [1.29, 1.82) is 0 Å². The van der Waals surface area contributed by atoms with Gasteiger partial charge in [-0.05, 0) is 56.2 Å². The van der Waals surface area contributed by atoms with E-state index in [1.807, 2.05) is 0 Å². The van der Waals surface area contributed by atoms with Crippen LogP contribution in [0.25, 0.3) is 0 Å². The molecule has 1 unspecified atom stereocenters. The van der Waals surface area contributed by atoms with Crippen molar-refractivity contribution < 1.29 is 31.7 Å². The topological polar surface area (TPSA) is 111 Å². The van der Waals surface area contributed by atoms with Gasteiger partial charge in [-0.25, -0.2) is 9.19 Å². The molecule has 0 bridgehead atoms. The van der Waals surface area contributed by atoms with E-state index in [4.69, 9.17) is 5.11 Å². The van der Waals surface area contributed by atoms with Gasteiger partial charge in [0.25, 0.3) is 5.91 Å². The van der Waals surface area contributed by atoms with E-state index in [0.717, 1.165) is 25.9 Å². The summed E-state index contributed by atoms with van der Waals surface area (Å²) in [6, 6.07) is 6.35. The lowest BCUT2D eigenvalue weighted by molar-refractivity contribution is -0.172. The van der Waals surface area contributed by atoms with Crippen LogP contribution < -0.4 is 19.8 Å². The van der Waals surface area contributed by atoms with Gasteiger partial charge in [-0.3, -0.25) is 4.79 Å². The minimum atomic E-state index is -4.22. The number of halogens is 4. The Labute approximate surface area is 225 Å². The van der Waals surface area contributed by atoms with Crippen LogP contribution in [0.5, 0.6) is 0 Å². The minimum absolute atomic E-state index is 0.00573. The molecule has 1 amide bonds. The summed E-state index contributed by atoms with van der Waals surface area (Å²) in [4.78, 5) is 24.4. The summed E-state index contributed by atoms with van der Waals surface area (Å²) in [7, 11) is -1.50. The summed E-state index contributed by atoms with van der Waals surface area (Å²) in [5, 5.41) is 11.7.